The monoisotopic (exact) mass is 198 g/mol. The number of carboxylic acids is 1. The van der Waals surface area contributed by atoms with Gasteiger partial charge in [0.2, 0.25) is 7.85 Å². The van der Waals surface area contributed by atoms with Crippen LogP contribution in [0.2, 0.25) is 0 Å². The first-order chi connectivity index (χ1) is 6.00. The molecule has 0 aromatic rings. The van der Waals surface area contributed by atoms with Gasteiger partial charge in [0.05, 0.1) is 11.0 Å². The highest BCUT2D eigenvalue weighted by Gasteiger charge is 2.33. The van der Waals surface area contributed by atoms with Crippen molar-refractivity contribution in [3.63, 3.8) is 0 Å². The predicted octanol–water partition coefficient (Wildman–Crippen LogP) is -0.993. The van der Waals surface area contributed by atoms with Crippen molar-refractivity contribution in [2.24, 2.45) is 0 Å². The minimum absolute atomic E-state index is 0.233. The molecule has 2 atom stereocenters. The molecule has 2 radical (unpaired) electrons. The number of hydrogen-bond donors (Lipinski definition) is 3. The number of aliphatic carboxylic acids is 1. The highest BCUT2D eigenvalue weighted by molar-refractivity contribution is 7.80. The Hall–Kier alpha value is -1.11. The second-order valence-electron chi connectivity index (χ2n) is 2.70. The average molecular weight is 198 g/mol. The second-order valence-corrected chi connectivity index (χ2v) is 3.14. The van der Waals surface area contributed by atoms with Crippen LogP contribution in [-0.2, 0) is 4.79 Å². The fraction of sp³-hybridized carbons (Fsp3) is 0.500. The molecule has 0 bridgehead atoms. The summed E-state index contributed by atoms with van der Waals surface area (Å²) in [6.45, 7) is 0. The maximum absolute atomic E-state index is 10.5. The van der Waals surface area contributed by atoms with E-state index in [0.717, 1.165) is 0 Å². The van der Waals surface area contributed by atoms with Gasteiger partial charge < -0.3 is 15.7 Å². The van der Waals surface area contributed by atoms with E-state index in [-0.39, 0.29) is 6.42 Å². The van der Waals surface area contributed by atoms with Crippen molar-refractivity contribution >= 4 is 36.8 Å². The number of amides is 1. The molecule has 0 aliphatic carbocycles. The molecule has 0 spiro atoms. The van der Waals surface area contributed by atoms with Gasteiger partial charge in [-0.2, -0.15) is 0 Å². The lowest BCUT2D eigenvalue weighted by Crippen LogP contribution is -2.38. The van der Waals surface area contributed by atoms with Crippen LogP contribution >= 0.6 is 12.2 Å². The molecule has 0 unspecified atom stereocenters. The first kappa shape index (κ1) is 9.98. The second kappa shape index (κ2) is 3.74. The minimum atomic E-state index is -0.990. The smallest absolute Gasteiger partial charge is 0.326 e. The van der Waals surface area contributed by atoms with E-state index in [4.69, 9.17) is 25.2 Å². The van der Waals surface area contributed by atoms with Crippen LogP contribution in [0.1, 0.15) is 6.42 Å². The van der Waals surface area contributed by atoms with Crippen LogP contribution in [0.15, 0.2) is 0 Å². The molecule has 1 rings (SSSR count). The van der Waals surface area contributed by atoms with Gasteiger partial charge in [-0.05, 0) is 0 Å². The van der Waals surface area contributed by atoms with Crippen LogP contribution in [0.5, 0.6) is 0 Å². The highest BCUT2D eigenvalue weighted by atomic mass is 32.1. The number of carbonyl (C=O) groups is 2. The molecule has 1 aliphatic rings. The molecule has 68 valence electrons. The van der Waals surface area contributed by atoms with E-state index in [1.807, 2.05) is 0 Å². The van der Waals surface area contributed by atoms with Gasteiger partial charge in [-0.1, -0.05) is 12.2 Å². The average Bonchev–Trinajstić information content (AvgIpc) is 2.31. The third-order valence-corrected chi connectivity index (χ3v) is 2.12. The molecule has 7 heteroatoms. The van der Waals surface area contributed by atoms with Crippen molar-refractivity contribution in [3.8, 4) is 0 Å². The minimum Gasteiger partial charge on any atom is -0.480 e. The molecule has 1 aliphatic heterocycles. The standard InChI is InChI=1S/C6H7BN2O3S/c7-6(12)9-2-1-3(5(10)11)8-4(2)13/h2-3H,1H2,(H,8,13)(H,9,12)(H,10,11)/t2-,3-/m0/s1. The Labute approximate surface area is 81.3 Å². The van der Waals surface area contributed by atoms with E-state index in [9.17, 15) is 9.59 Å². The zero-order chi connectivity index (χ0) is 10.0. The van der Waals surface area contributed by atoms with Gasteiger partial charge in [0.1, 0.15) is 6.04 Å². The molecule has 1 amide bonds. The summed E-state index contributed by atoms with van der Waals surface area (Å²) in [7, 11) is 4.87. The summed E-state index contributed by atoms with van der Waals surface area (Å²) in [5.41, 5.74) is 0. The van der Waals surface area contributed by atoms with Gasteiger partial charge in [-0.15, -0.1) is 0 Å². The van der Waals surface area contributed by atoms with Crippen LogP contribution in [0.25, 0.3) is 0 Å². The summed E-state index contributed by atoms with van der Waals surface area (Å²) in [6.07, 6.45) is 0.233. The van der Waals surface area contributed by atoms with Gasteiger partial charge in [-0.3, -0.25) is 4.79 Å². The fourth-order valence-corrected chi connectivity index (χ4v) is 1.43. The van der Waals surface area contributed by atoms with E-state index >= 15 is 0 Å². The number of rotatable bonds is 2. The summed E-state index contributed by atoms with van der Waals surface area (Å²) in [4.78, 5) is 21.3. The zero-order valence-electron chi connectivity index (χ0n) is 6.61. The summed E-state index contributed by atoms with van der Waals surface area (Å²) < 4.78 is 0. The first-order valence-electron chi connectivity index (χ1n) is 3.60. The molecule has 0 saturated carbocycles. The van der Waals surface area contributed by atoms with Crippen LogP contribution in [0.4, 0.5) is 4.79 Å². The summed E-state index contributed by atoms with van der Waals surface area (Å²) in [5, 5.41) is 13.5. The van der Waals surface area contributed by atoms with Crippen molar-refractivity contribution in [1.29, 1.82) is 0 Å². The third kappa shape index (κ3) is 2.41. The van der Waals surface area contributed by atoms with Crippen molar-refractivity contribution < 1.29 is 14.7 Å². The molecule has 1 heterocycles. The Balaban J connectivity index is 2.56. The molecule has 0 aromatic heterocycles. The van der Waals surface area contributed by atoms with E-state index in [0.29, 0.717) is 4.99 Å². The van der Waals surface area contributed by atoms with Gasteiger partial charge in [0.15, 0.2) is 5.81 Å². The lowest BCUT2D eigenvalue weighted by atomic mass is 10.1. The Kier molecular flexibility index (Phi) is 2.87. The first-order valence-corrected chi connectivity index (χ1v) is 4.00. The lowest BCUT2D eigenvalue weighted by Gasteiger charge is -2.08. The topological polar surface area (TPSA) is 78.4 Å². The predicted molar refractivity (Wildman–Crippen MR) is 49.8 cm³/mol. The largest absolute Gasteiger partial charge is 0.480 e. The zero-order valence-corrected chi connectivity index (χ0v) is 7.43. The molecule has 13 heavy (non-hydrogen) atoms. The summed E-state index contributed by atoms with van der Waals surface area (Å²) in [6, 6.07) is -1.20. The molecule has 3 N–H and O–H groups in total. The lowest BCUT2D eigenvalue weighted by molar-refractivity contribution is -0.138. The maximum Gasteiger partial charge on any atom is 0.326 e. The quantitative estimate of drug-likeness (QED) is 0.392. The molecule has 1 fully saturated rings. The molecular weight excluding hydrogens is 191 g/mol. The number of nitrogens with one attached hydrogen (secondary N) is 2. The van der Waals surface area contributed by atoms with E-state index in [1.54, 1.807) is 0 Å². The molecule has 0 aromatic carbocycles. The van der Waals surface area contributed by atoms with Crippen molar-refractivity contribution in [2.75, 3.05) is 0 Å². The SMILES string of the molecule is [B]C(=O)N[C@H]1C[C@@H](C(=O)O)NC1=S. The maximum atomic E-state index is 10.5. The van der Waals surface area contributed by atoms with E-state index in [2.05, 4.69) is 10.6 Å². The van der Waals surface area contributed by atoms with Crippen molar-refractivity contribution in [1.82, 2.24) is 10.6 Å². The number of hydrogen-bond acceptors (Lipinski definition) is 3. The number of thiocarbonyl (C=S) groups is 1. The van der Waals surface area contributed by atoms with Crippen LogP contribution in [0.3, 0.4) is 0 Å². The van der Waals surface area contributed by atoms with Crippen molar-refractivity contribution in [3.05, 3.63) is 0 Å². The van der Waals surface area contributed by atoms with Crippen LogP contribution < -0.4 is 10.6 Å². The van der Waals surface area contributed by atoms with Gasteiger partial charge in [0, 0.05) is 6.42 Å². The molecule has 5 nitrogen and oxygen atoms in total. The van der Waals surface area contributed by atoms with Gasteiger partial charge in [-0.25, -0.2) is 4.79 Å². The third-order valence-electron chi connectivity index (χ3n) is 1.72. The Morgan fingerprint density at radius 2 is 2.31 bits per heavy atom. The summed E-state index contributed by atoms with van der Waals surface area (Å²) >= 11 is 4.81. The highest BCUT2D eigenvalue weighted by Crippen LogP contribution is 2.09. The van der Waals surface area contributed by atoms with E-state index in [1.165, 1.54) is 0 Å². The normalized spacial score (nSPS) is 26.6. The van der Waals surface area contributed by atoms with Crippen LogP contribution in [-0.4, -0.2) is 41.8 Å². The van der Waals surface area contributed by atoms with Gasteiger partial charge in [0.25, 0.3) is 0 Å². The Morgan fingerprint density at radius 3 is 2.69 bits per heavy atom. The fourth-order valence-electron chi connectivity index (χ4n) is 1.13. The molecule has 1 saturated heterocycles. The number of carbonyl (C=O) groups excluding carboxylic acids is 1. The van der Waals surface area contributed by atoms with Crippen LogP contribution in [0, 0.1) is 0 Å². The molecular formula is C6H7BN2O3S. The van der Waals surface area contributed by atoms with Crippen molar-refractivity contribution in [2.45, 2.75) is 18.5 Å². The Morgan fingerprint density at radius 1 is 1.69 bits per heavy atom. The van der Waals surface area contributed by atoms with E-state index < -0.39 is 23.9 Å². The Bertz CT molecular complexity index is 271. The summed E-state index contributed by atoms with van der Waals surface area (Å²) in [5.74, 6) is -1.70. The van der Waals surface area contributed by atoms with Gasteiger partial charge >= 0.3 is 5.97 Å². The number of carboxylic acid groups (broad SMARTS) is 1.